The molecule has 0 heterocycles. The first-order valence-electron chi connectivity index (χ1n) is 3.53. The van der Waals surface area contributed by atoms with Gasteiger partial charge in [0.1, 0.15) is 0 Å². The highest BCUT2D eigenvalue weighted by molar-refractivity contribution is 4.58. The van der Waals surface area contributed by atoms with Crippen molar-refractivity contribution in [2.45, 2.75) is 45.6 Å². The van der Waals surface area contributed by atoms with Crippen LogP contribution in [0.15, 0.2) is 0 Å². The van der Waals surface area contributed by atoms with Crippen LogP contribution in [0.5, 0.6) is 0 Å². The lowest BCUT2D eigenvalue weighted by atomic mass is 10.3. The van der Waals surface area contributed by atoms with Gasteiger partial charge in [-0.3, -0.25) is 0 Å². The van der Waals surface area contributed by atoms with Gasteiger partial charge in [-0.2, -0.15) is 13.2 Å². The Morgan fingerprint density at radius 3 is 1.91 bits per heavy atom. The Morgan fingerprint density at radius 1 is 1.18 bits per heavy atom. The molecule has 1 atom stereocenters. The average Bonchev–Trinajstić information content (AvgIpc) is 1.53. The summed E-state index contributed by atoms with van der Waals surface area (Å²) in [7, 11) is 0. The van der Waals surface area contributed by atoms with Gasteiger partial charge in [-0.15, -0.1) is 0 Å². The summed E-state index contributed by atoms with van der Waals surface area (Å²) in [5.74, 6) is 0. The van der Waals surface area contributed by atoms with Gasteiger partial charge < -0.3 is 4.74 Å². The molecule has 0 aliphatic heterocycles. The quantitative estimate of drug-likeness (QED) is 0.632. The molecule has 1 unspecified atom stereocenters. The van der Waals surface area contributed by atoms with Gasteiger partial charge in [-0.25, -0.2) is 0 Å². The standard InChI is InChI=1S/C7H13F3O/c1-5(2)11-6(3)4-7(8,9)10/h5-6H,4H2,1-3H3. The minimum Gasteiger partial charge on any atom is -0.376 e. The fraction of sp³-hybridized carbons (Fsp3) is 1.00. The molecule has 68 valence electrons. The van der Waals surface area contributed by atoms with Gasteiger partial charge in [-0.1, -0.05) is 0 Å². The van der Waals surface area contributed by atoms with Crippen LogP contribution in [0.25, 0.3) is 0 Å². The van der Waals surface area contributed by atoms with Gasteiger partial charge in [0.05, 0.1) is 18.6 Å². The molecule has 0 aromatic carbocycles. The van der Waals surface area contributed by atoms with Crippen molar-refractivity contribution in [3.05, 3.63) is 0 Å². The predicted octanol–water partition coefficient (Wildman–Crippen LogP) is 2.75. The third-order valence-corrected chi connectivity index (χ3v) is 1.02. The van der Waals surface area contributed by atoms with Gasteiger partial charge in [0.25, 0.3) is 0 Å². The van der Waals surface area contributed by atoms with Crippen LogP contribution in [0.2, 0.25) is 0 Å². The second kappa shape index (κ2) is 3.95. The molecule has 0 aromatic heterocycles. The van der Waals surface area contributed by atoms with E-state index in [-0.39, 0.29) is 6.10 Å². The molecular formula is C7H13F3O. The molecule has 0 rings (SSSR count). The number of hydrogen-bond acceptors (Lipinski definition) is 1. The van der Waals surface area contributed by atoms with E-state index < -0.39 is 18.7 Å². The number of hydrogen-bond donors (Lipinski definition) is 0. The second-order valence-corrected chi connectivity index (χ2v) is 2.81. The molecule has 0 amide bonds. The van der Waals surface area contributed by atoms with Crippen molar-refractivity contribution in [1.82, 2.24) is 0 Å². The normalized spacial score (nSPS) is 15.5. The van der Waals surface area contributed by atoms with Crippen molar-refractivity contribution >= 4 is 0 Å². The van der Waals surface area contributed by atoms with E-state index in [2.05, 4.69) is 0 Å². The molecular weight excluding hydrogens is 157 g/mol. The lowest BCUT2D eigenvalue weighted by Crippen LogP contribution is -2.22. The fourth-order valence-electron chi connectivity index (χ4n) is 0.839. The molecule has 0 aromatic rings. The predicted molar refractivity (Wildman–Crippen MR) is 36.4 cm³/mol. The third-order valence-electron chi connectivity index (χ3n) is 1.02. The summed E-state index contributed by atoms with van der Waals surface area (Å²) in [4.78, 5) is 0. The minimum absolute atomic E-state index is 0.146. The van der Waals surface area contributed by atoms with Gasteiger partial charge in [0, 0.05) is 0 Å². The van der Waals surface area contributed by atoms with E-state index >= 15 is 0 Å². The fourth-order valence-corrected chi connectivity index (χ4v) is 0.839. The average molecular weight is 170 g/mol. The molecule has 0 bridgehead atoms. The highest BCUT2D eigenvalue weighted by atomic mass is 19.4. The number of ether oxygens (including phenoxy) is 1. The van der Waals surface area contributed by atoms with Crippen LogP contribution >= 0.6 is 0 Å². The van der Waals surface area contributed by atoms with Crippen molar-refractivity contribution < 1.29 is 17.9 Å². The first kappa shape index (κ1) is 10.8. The van der Waals surface area contributed by atoms with Crippen LogP contribution in [0.4, 0.5) is 13.2 Å². The summed E-state index contributed by atoms with van der Waals surface area (Å²) in [6.07, 6.45) is -5.87. The second-order valence-electron chi connectivity index (χ2n) is 2.81. The summed E-state index contributed by atoms with van der Waals surface area (Å²) in [6.45, 7) is 4.85. The SMILES string of the molecule is CC(C)OC(C)CC(F)(F)F. The Bertz CT molecular complexity index is 109. The summed E-state index contributed by atoms with van der Waals surface area (Å²) in [5.41, 5.74) is 0. The molecule has 0 saturated heterocycles. The first-order valence-corrected chi connectivity index (χ1v) is 3.53. The van der Waals surface area contributed by atoms with E-state index in [4.69, 9.17) is 4.74 Å². The maximum absolute atomic E-state index is 11.7. The molecule has 11 heavy (non-hydrogen) atoms. The van der Waals surface area contributed by atoms with E-state index in [9.17, 15) is 13.2 Å². The lowest BCUT2D eigenvalue weighted by Gasteiger charge is -2.17. The zero-order valence-corrected chi connectivity index (χ0v) is 6.90. The largest absolute Gasteiger partial charge is 0.391 e. The highest BCUT2D eigenvalue weighted by Crippen LogP contribution is 2.23. The van der Waals surface area contributed by atoms with E-state index in [0.29, 0.717) is 0 Å². The zero-order chi connectivity index (χ0) is 9.07. The van der Waals surface area contributed by atoms with Crippen molar-refractivity contribution in [2.24, 2.45) is 0 Å². The van der Waals surface area contributed by atoms with Crippen LogP contribution in [0.1, 0.15) is 27.2 Å². The summed E-state index contributed by atoms with van der Waals surface area (Å²) < 4.78 is 39.9. The van der Waals surface area contributed by atoms with E-state index in [1.165, 1.54) is 6.92 Å². The van der Waals surface area contributed by atoms with Crippen molar-refractivity contribution in [2.75, 3.05) is 0 Å². The molecule has 0 N–H and O–H groups in total. The van der Waals surface area contributed by atoms with Gasteiger partial charge in [-0.05, 0) is 20.8 Å². The van der Waals surface area contributed by atoms with E-state index in [1.54, 1.807) is 13.8 Å². The molecule has 0 spiro atoms. The van der Waals surface area contributed by atoms with Crippen LogP contribution in [0, 0.1) is 0 Å². The lowest BCUT2D eigenvalue weighted by molar-refractivity contribution is -0.162. The topological polar surface area (TPSA) is 9.23 Å². The molecule has 1 nitrogen and oxygen atoms in total. The Balaban J connectivity index is 3.61. The monoisotopic (exact) mass is 170 g/mol. The minimum atomic E-state index is -4.12. The van der Waals surface area contributed by atoms with Crippen molar-refractivity contribution in [1.29, 1.82) is 0 Å². The van der Waals surface area contributed by atoms with Crippen molar-refractivity contribution in [3.63, 3.8) is 0 Å². The highest BCUT2D eigenvalue weighted by Gasteiger charge is 2.30. The van der Waals surface area contributed by atoms with Gasteiger partial charge in [0.2, 0.25) is 0 Å². The summed E-state index contributed by atoms with van der Waals surface area (Å²) >= 11 is 0. The molecule has 0 aliphatic carbocycles. The van der Waals surface area contributed by atoms with Crippen LogP contribution in [-0.2, 0) is 4.74 Å². The molecule has 0 saturated carbocycles. The number of halogens is 3. The smallest absolute Gasteiger partial charge is 0.376 e. The Morgan fingerprint density at radius 2 is 1.64 bits per heavy atom. The van der Waals surface area contributed by atoms with E-state index in [0.717, 1.165) is 0 Å². The molecule has 0 aliphatic rings. The summed E-state index contributed by atoms with van der Waals surface area (Å²) in [5, 5.41) is 0. The molecule has 4 heteroatoms. The van der Waals surface area contributed by atoms with E-state index in [1.807, 2.05) is 0 Å². The number of rotatable bonds is 3. The molecule has 0 fully saturated rings. The molecule has 0 radical (unpaired) electrons. The van der Waals surface area contributed by atoms with Gasteiger partial charge in [0.15, 0.2) is 0 Å². The van der Waals surface area contributed by atoms with Crippen LogP contribution in [-0.4, -0.2) is 18.4 Å². The van der Waals surface area contributed by atoms with Crippen LogP contribution < -0.4 is 0 Å². The van der Waals surface area contributed by atoms with Crippen LogP contribution in [0.3, 0.4) is 0 Å². The Kier molecular flexibility index (Phi) is 3.86. The summed E-state index contributed by atoms with van der Waals surface area (Å²) in [6, 6.07) is 0. The zero-order valence-electron chi connectivity index (χ0n) is 6.90. The van der Waals surface area contributed by atoms with Crippen molar-refractivity contribution in [3.8, 4) is 0 Å². The Hall–Kier alpha value is -0.250. The maximum Gasteiger partial charge on any atom is 0.391 e. The van der Waals surface area contributed by atoms with Gasteiger partial charge >= 0.3 is 6.18 Å². The number of alkyl halides is 3. The maximum atomic E-state index is 11.7. The first-order chi connectivity index (χ1) is 4.81. The Labute approximate surface area is 64.5 Å². The third kappa shape index (κ3) is 7.65.